The first-order chi connectivity index (χ1) is 7.57. The Morgan fingerprint density at radius 2 is 1.88 bits per heavy atom. The molecule has 1 unspecified atom stereocenters. The van der Waals surface area contributed by atoms with Crippen LogP contribution >= 0.6 is 0 Å². The van der Waals surface area contributed by atoms with E-state index in [-0.39, 0.29) is 5.60 Å². The molecule has 1 aliphatic heterocycles. The van der Waals surface area contributed by atoms with E-state index in [0.29, 0.717) is 12.0 Å². The summed E-state index contributed by atoms with van der Waals surface area (Å²) >= 11 is 0. The number of hydrogen-bond acceptors (Lipinski definition) is 3. The van der Waals surface area contributed by atoms with Crippen molar-refractivity contribution in [3.05, 3.63) is 0 Å². The summed E-state index contributed by atoms with van der Waals surface area (Å²) in [6.45, 7) is 16.3. The summed E-state index contributed by atoms with van der Waals surface area (Å²) in [5.74, 6) is 1.74. The van der Waals surface area contributed by atoms with Gasteiger partial charge in [-0.2, -0.15) is 0 Å². The molecule has 0 aromatic carbocycles. The van der Waals surface area contributed by atoms with E-state index in [9.17, 15) is 4.79 Å². The van der Waals surface area contributed by atoms with E-state index in [2.05, 4.69) is 37.7 Å². The Bertz CT molecular complexity index is 229. The van der Waals surface area contributed by atoms with Gasteiger partial charge in [0, 0.05) is 5.54 Å². The molecule has 0 bridgehead atoms. The Morgan fingerprint density at radius 1 is 1.35 bits per heavy atom. The molecule has 0 radical (unpaired) electrons. The molecule has 3 heteroatoms. The molecule has 1 aliphatic rings. The Kier molecular flexibility index (Phi) is 6.17. The minimum Gasteiger partial charge on any atom is -0.462 e. The van der Waals surface area contributed by atoms with Gasteiger partial charge in [-0.15, -0.1) is 0 Å². The highest BCUT2D eigenvalue weighted by Crippen LogP contribution is 2.28. The largest absolute Gasteiger partial charge is 0.462 e. The van der Waals surface area contributed by atoms with Crippen LogP contribution in [0.1, 0.15) is 54.9 Å². The zero-order chi connectivity index (χ0) is 13.7. The van der Waals surface area contributed by atoms with Gasteiger partial charge in [-0.3, -0.25) is 4.79 Å². The predicted octanol–water partition coefficient (Wildman–Crippen LogP) is 2.99. The highest BCUT2D eigenvalue weighted by atomic mass is 16.5. The standard InChI is InChI=1S/C9H19N.C5H10O2/c1-7(2)8-5-9(3,4)10-6-8;1-5(2,3)7-4-6/h7-8,10H,5-6H2,1-4H3;4H,1-3H3. The van der Waals surface area contributed by atoms with Gasteiger partial charge in [0.15, 0.2) is 0 Å². The second-order valence-corrected chi connectivity index (χ2v) is 6.80. The van der Waals surface area contributed by atoms with Gasteiger partial charge in [0.25, 0.3) is 6.47 Å². The first-order valence-corrected chi connectivity index (χ1v) is 6.44. The number of hydrogen-bond donors (Lipinski definition) is 1. The van der Waals surface area contributed by atoms with E-state index in [4.69, 9.17) is 0 Å². The van der Waals surface area contributed by atoms with Gasteiger partial charge in [-0.1, -0.05) is 13.8 Å². The Labute approximate surface area is 106 Å². The molecular weight excluding hydrogens is 214 g/mol. The van der Waals surface area contributed by atoms with Gasteiger partial charge in [-0.05, 0) is 59.4 Å². The van der Waals surface area contributed by atoms with Crippen LogP contribution in [0, 0.1) is 11.8 Å². The third kappa shape index (κ3) is 8.19. The van der Waals surface area contributed by atoms with Crippen molar-refractivity contribution in [3.63, 3.8) is 0 Å². The van der Waals surface area contributed by atoms with E-state index in [1.54, 1.807) is 0 Å². The number of ether oxygens (including phenoxy) is 1. The van der Waals surface area contributed by atoms with E-state index >= 15 is 0 Å². The van der Waals surface area contributed by atoms with Gasteiger partial charge in [0.2, 0.25) is 0 Å². The maximum atomic E-state index is 9.60. The van der Waals surface area contributed by atoms with Crippen molar-refractivity contribution in [3.8, 4) is 0 Å². The summed E-state index contributed by atoms with van der Waals surface area (Å²) in [7, 11) is 0. The van der Waals surface area contributed by atoms with Crippen LogP contribution in [-0.2, 0) is 9.53 Å². The van der Waals surface area contributed by atoms with Crippen LogP contribution in [0.3, 0.4) is 0 Å². The molecule has 1 fully saturated rings. The fourth-order valence-electron chi connectivity index (χ4n) is 1.82. The fraction of sp³-hybridized carbons (Fsp3) is 0.929. The summed E-state index contributed by atoms with van der Waals surface area (Å²) in [6, 6.07) is 0. The Balaban J connectivity index is 0.000000325. The molecule has 0 spiro atoms. The fourth-order valence-corrected chi connectivity index (χ4v) is 1.82. The van der Waals surface area contributed by atoms with Gasteiger partial charge in [-0.25, -0.2) is 0 Å². The van der Waals surface area contributed by atoms with E-state index in [1.807, 2.05) is 20.8 Å². The first kappa shape index (κ1) is 16.4. The lowest BCUT2D eigenvalue weighted by Crippen LogP contribution is -2.31. The molecule has 1 atom stereocenters. The minimum atomic E-state index is -0.318. The maximum Gasteiger partial charge on any atom is 0.293 e. The molecule has 17 heavy (non-hydrogen) atoms. The summed E-state index contributed by atoms with van der Waals surface area (Å²) < 4.78 is 4.55. The van der Waals surface area contributed by atoms with E-state index < -0.39 is 0 Å². The zero-order valence-corrected chi connectivity index (χ0v) is 12.5. The van der Waals surface area contributed by atoms with Gasteiger partial charge >= 0.3 is 0 Å². The number of rotatable bonds is 2. The van der Waals surface area contributed by atoms with E-state index in [1.165, 1.54) is 13.0 Å². The average molecular weight is 243 g/mol. The Hall–Kier alpha value is -0.570. The van der Waals surface area contributed by atoms with Crippen LogP contribution in [0.15, 0.2) is 0 Å². The predicted molar refractivity (Wildman–Crippen MR) is 71.9 cm³/mol. The minimum absolute atomic E-state index is 0.318. The van der Waals surface area contributed by atoms with Crippen LogP contribution in [0.4, 0.5) is 0 Å². The molecule has 1 N–H and O–H groups in total. The first-order valence-electron chi connectivity index (χ1n) is 6.44. The average Bonchev–Trinajstić information content (AvgIpc) is 2.45. The van der Waals surface area contributed by atoms with E-state index in [0.717, 1.165) is 11.8 Å². The van der Waals surface area contributed by atoms with Crippen LogP contribution < -0.4 is 5.32 Å². The molecule has 102 valence electrons. The van der Waals surface area contributed by atoms with Crippen molar-refractivity contribution < 1.29 is 9.53 Å². The molecule has 1 rings (SSSR count). The van der Waals surface area contributed by atoms with Crippen molar-refractivity contribution in [2.45, 2.75) is 66.0 Å². The second-order valence-electron chi connectivity index (χ2n) is 6.80. The lowest BCUT2D eigenvalue weighted by Gasteiger charge is -2.18. The molecule has 3 nitrogen and oxygen atoms in total. The maximum absolute atomic E-state index is 9.60. The molecule has 0 aromatic rings. The number of nitrogens with one attached hydrogen (secondary N) is 1. The quantitative estimate of drug-likeness (QED) is 0.758. The SMILES string of the molecule is CC(C)(C)OC=O.CC(C)C1CNC(C)(C)C1. The molecule has 1 heterocycles. The molecular formula is C14H29NO2. The molecule has 1 saturated heterocycles. The summed E-state index contributed by atoms with van der Waals surface area (Å²) in [6.07, 6.45) is 1.34. The van der Waals surface area contributed by atoms with Gasteiger partial charge in [0.05, 0.1) is 0 Å². The van der Waals surface area contributed by atoms with Crippen molar-refractivity contribution >= 4 is 6.47 Å². The summed E-state index contributed by atoms with van der Waals surface area (Å²) in [5.41, 5.74) is 0.0800. The molecule has 0 amide bonds. The number of carbonyl (C=O) groups excluding carboxylic acids is 1. The lowest BCUT2D eigenvalue weighted by molar-refractivity contribution is -0.138. The van der Waals surface area contributed by atoms with Crippen LogP contribution in [-0.4, -0.2) is 24.2 Å². The third-order valence-electron chi connectivity index (χ3n) is 2.96. The highest BCUT2D eigenvalue weighted by Gasteiger charge is 2.31. The van der Waals surface area contributed by atoms with Crippen molar-refractivity contribution in [2.24, 2.45) is 11.8 Å². The molecule has 0 saturated carbocycles. The highest BCUT2D eigenvalue weighted by molar-refractivity contribution is 5.37. The van der Waals surface area contributed by atoms with Crippen LogP contribution in [0.2, 0.25) is 0 Å². The molecule has 0 aliphatic carbocycles. The zero-order valence-electron chi connectivity index (χ0n) is 12.5. The second kappa shape index (κ2) is 6.39. The van der Waals surface area contributed by atoms with Gasteiger partial charge < -0.3 is 10.1 Å². The van der Waals surface area contributed by atoms with Crippen molar-refractivity contribution in [1.82, 2.24) is 5.32 Å². The monoisotopic (exact) mass is 243 g/mol. The van der Waals surface area contributed by atoms with Crippen molar-refractivity contribution in [1.29, 1.82) is 0 Å². The van der Waals surface area contributed by atoms with Crippen LogP contribution in [0.25, 0.3) is 0 Å². The topological polar surface area (TPSA) is 38.3 Å². The van der Waals surface area contributed by atoms with Crippen LogP contribution in [0.5, 0.6) is 0 Å². The number of carbonyl (C=O) groups is 1. The molecule has 0 aromatic heterocycles. The van der Waals surface area contributed by atoms with Crippen molar-refractivity contribution in [2.75, 3.05) is 6.54 Å². The summed E-state index contributed by atoms with van der Waals surface area (Å²) in [4.78, 5) is 9.60. The third-order valence-corrected chi connectivity index (χ3v) is 2.96. The smallest absolute Gasteiger partial charge is 0.293 e. The lowest BCUT2D eigenvalue weighted by atomic mass is 9.89. The summed E-state index contributed by atoms with van der Waals surface area (Å²) in [5, 5.41) is 3.53. The normalized spacial score (nSPS) is 22.9. The van der Waals surface area contributed by atoms with Gasteiger partial charge in [0.1, 0.15) is 5.60 Å². The Morgan fingerprint density at radius 3 is 2.00 bits per heavy atom.